The molecule has 0 aliphatic carbocycles. The van der Waals surface area contributed by atoms with E-state index in [-0.39, 0.29) is 5.75 Å². The monoisotopic (exact) mass is 571 g/mol. The number of esters is 1. The first kappa shape index (κ1) is 27.0. The molecule has 0 aliphatic heterocycles. The summed E-state index contributed by atoms with van der Waals surface area (Å²) < 4.78 is 10.9. The molecule has 0 spiro atoms. The van der Waals surface area contributed by atoms with Crippen LogP contribution in [-0.2, 0) is 0 Å². The zero-order valence-electron chi connectivity index (χ0n) is 21.5. The summed E-state index contributed by atoms with van der Waals surface area (Å²) in [7, 11) is 1.47. The number of halogens is 2. The van der Waals surface area contributed by atoms with Crippen molar-refractivity contribution in [1.82, 2.24) is 10.4 Å². The van der Waals surface area contributed by atoms with Crippen LogP contribution >= 0.6 is 23.2 Å². The Morgan fingerprint density at radius 3 is 2.48 bits per heavy atom. The molecular formula is C31H23Cl2N3O4. The summed E-state index contributed by atoms with van der Waals surface area (Å²) in [6.45, 7) is 1.90. The lowest BCUT2D eigenvalue weighted by Gasteiger charge is -2.10. The number of H-pyrrole nitrogens is 1. The van der Waals surface area contributed by atoms with Gasteiger partial charge < -0.3 is 14.5 Å². The number of hydrogen-bond acceptors (Lipinski definition) is 5. The number of aryl methyl sites for hydroxylation is 1. The van der Waals surface area contributed by atoms with Gasteiger partial charge in [0.2, 0.25) is 0 Å². The molecule has 7 nitrogen and oxygen atoms in total. The van der Waals surface area contributed by atoms with Crippen molar-refractivity contribution in [3.63, 3.8) is 0 Å². The van der Waals surface area contributed by atoms with Crippen molar-refractivity contribution >= 4 is 52.2 Å². The molecule has 5 rings (SSSR count). The standard InChI is InChI=1S/C31H23Cl2N3O4/c1-18-7-6-10-21(13-18)31(38)40-25-12-11-19(14-26(25)39-2)17-34-36-30(37)29-27(20-8-4-3-5-9-20)23-15-22(32)16-24(33)28(23)35-29/h3-17,35H,1-2H3,(H,36,37). The Labute approximate surface area is 240 Å². The lowest BCUT2D eigenvalue weighted by molar-refractivity contribution is 0.0729. The van der Waals surface area contributed by atoms with Gasteiger partial charge in [0.25, 0.3) is 5.91 Å². The van der Waals surface area contributed by atoms with E-state index >= 15 is 0 Å². The van der Waals surface area contributed by atoms with Crippen molar-refractivity contribution in [2.24, 2.45) is 5.10 Å². The van der Waals surface area contributed by atoms with Crippen LogP contribution in [0.1, 0.15) is 32.0 Å². The van der Waals surface area contributed by atoms with Crippen LogP contribution in [0.3, 0.4) is 0 Å². The van der Waals surface area contributed by atoms with Crippen molar-refractivity contribution in [3.8, 4) is 22.6 Å². The smallest absolute Gasteiger partial charge is 0.343 e. The van der Waals surface area contributed by atoms with Gasteiger partial charge in [-0.05, 0) is 60.5 Å². The topological polar surface area (TPSA) is 92.8 Å². The highest BCUT2D eigenvalue weighted by Crippen LogP contribution is 2.37. The normalized spacial score (nSPS) is 11.1. The van der Waals surface area contributed by atoms with E-state index in [0.717, 1.165) is 16.5 Å². The van der Waals surface area contributed by atoms with Crippen LogP contribution in [0.15, 0.2) is 90.0 Å². The van der Waals surface area contributed by atoms with Gasteiger partial charge in [0.1, 0.15) is 5.69 Å². The number of benzene rings is 4. The highest BCUT2D eigenvalue weighted by molar-refractivity contribution is 6.39. The van der Waals surface area contributed by atoms with E-state index in [0.29, 0.717) is 43.7 Å². The number of carbonyl (C=O) groups excluding carboxylic acids is 2. The van der Waals surface area contributed by atoms with Gasteiger partial charge in [-0.2, -0.15) is 5.10 Å². The van der Waals surface area contributed by atoms with Crippen LogP contribution in [0.25, 0.3) is 22.0 Å². The van der Waals surface area contributed by atoms with Crippen LogP contribution < -0.4 is 14.9 Å². The van der Waals surface area contributed by atoms with E-state index < -0.39 is 11.9 Å². The minimum atomic E-state index is -0.496. The minimum absolute atomic E-state index is 0.260. The number of nitrogens with zero attached hydrogens (tertiary/aromatic N) is 1. The molecule has 0 atom stereocenters. The second-order valence-electron chi connectivity index (χ2n) is 8.92. The van der Waals surface area contributed by atoms with Gasteiger partial charge in [-0.3, -0.25) is 4.79 Å². The largest absolute Gasteiger partial charge is 0.493 e. The third-order valence-electron chi connectivity index (χ3n) is 6.14. The first-order valence-electron chi connectivity index (χ1n) is 12.2. The fraction of sp³-hybridized carbons (Fsp3) is 0.0645. The average molecular weight is 572 g/mol. The van der Waals surface area contributed by atoms with Crippen molar-refractivity contribution in [3.05, 3.63) is 117 Å². The molecular weight excluding hydrogens is 549 g/mol. The molecule has 0 radical (unpaired) electrons. The van der Waals surface area contributed by atoms with Crippen molar-refractivity contribution in [2.45, 2.75) is 6.92 Å². The van der Waals surface area contributed by atoms with E-state index in [1.165, 1.54) is 13.3 Å². The number of hydrogen-bond donors (Lipinski definition) is 2. The van der Waals surface area contributed by atoms with Crippen molar-refractivity contribution in [1.29, 1.82) is 0 Å². The van der Waals surface area contributed by atoms with Crippen LogP contribution in [0.2, 0.25) is 10.0 Å². The highest BCUT2D eigenvalue weighted by atomic mass is 35.5. The Kier molecular flexibility index (Phi) is 7.86. The third-order valence-corrected chi connectivity index (χ3v) is 6.65. The SMILES string of the molecule is COc1cc(C=NNC(=O)c2[nH]c3c(Cl)cc(Cl)cc3c2-c2ccccc2)ccc1OC(=O)c1cccc(C)c1. The maximum absolute atomic E-state index is 13.2. The maximum Gasteiger partial charge on any atom is 0.343 e. The summed E-state index contributed by atoms with van der Waals surface area (Å²) in [4.78, 5) is 28.9. The molecule has 0 saturated heterocycles. The second-order valence-corrected chi connectivity index (χ2v) is 9.76. The van der Waals surface area contributed by atoms with E-state index in [4.69, 9.17) is 32.7 Å². The van der Waals surface area contributed by atoms with Crippen molar-refractivity contribution < 1.29 is 19.1 Å². The molecule has 0 saturated carbocycles. The fourth-order valence-corrected chi connectivity index (χ4v) is 4.84. The van der Waals surface area contributed by atoms with Crippen LogP contribution in [0.5, 0.6) is 11.5 Å². The van der Waals surface area contributed by atoms with E-state index in [9.17, 15) is 9.59 Å². The first-order chi connectivity index (χ1) is 19.3. The lowest BCUT2D eigenvalue weighted by Crippen LogP contribution is -2.18. The number of ether oxygens (including phenoxy) is 2. The minimum Gasteiger partial charge on any atom is -0.493 e. The number of aromatic amines is 1. The zero-order valence-corrected chi connectivity index (χ0v) is 23.0. The van der Waals surface area contributed by atoms with Gasteiger partial charge in [0.15, 0.2) is 11.5 Å². The Hall–Kier alpha value is -4.59. The Bertz CT molecular complexity index is 1760. The Balaban J connectivity index is 1.37. The summed E-state index contributed by atoms with van der Waals surface area (Å²) in [6, 6.07) is 24.9. The first-order valence-corrected chi connectivity index (χ1v) is 13.0. The molecule has 1 amide bonds. The summed E-state index contributed by atoms with van der Waals surface area (Å²) >= 11 is 12.7. The number of rotatable bonds is 7. The predicted octanol–water partition coefficient (Wildman–Crippen LogP) is 7.44. The summed E-state index contributed by atoms with van der Waals surface area (Å²) in [5.41, 5.74) is 6.93. The summed E-state index contributed by atoms with van der Waals surface area (Å²) in [6.07, 6.45) is 1.46. The van der Waals surface area contributed by atoms with Crippen LogP contribution in [0.4, 0.5) is 0 Å². The van der Waals surface area contributed by atoms with E-state index in [1.54, 1.807) is 48.5 Å². The predicted molar refractivity (Wildman–Crippen MR) is 158 cm³/mol. The van der Waals surface area contributed by atoms with Gasteiger partial charge >= 0.3 is 5.97 Å². The summed E-state index contributed by atoms with van der Waals surface area (Å²) in [5, 5.41) is 5.70. The molecule has 9 heteroatoms. The van der Waals surface area contributed by atoms with Crippen LogP contribution in [-0.4, -0.2) is 30.2 Å². The molecule has 0 aliphatic rings. The molecule has 2 N–H and O–H groups in total. The zero-order chi connectivity index (χ0) is 28.2. The molecule has 1 heterocycles. The lowest BCUT2D eigenvalue weighted by atomic mass is 10.0. The number of amides is 1. The number of aromatic nitrogens is 1. The Morgan fingerprint density at radius 1 is 0.925 bits per heavy atom. The fourth-order valence-electron chi connectivity index (χ4n) is 4.30. The number of carbonyl (C=O) groups is 2. The molecule has 40 heavy (non-hydrogen) atoms. The maximum atomic E-state index is 13.2. The summed E-state index contributed by atoms with van der Waals surface area (Å²) in [5.74, 6) is -0.361. The van der Waals surface area contributed by atoms with Gasteiger partial charge in [0.05, 0.1) is 29.4 Å². The molecule has 200 valence electrons. The second kappa shape index (κ2) is 11.7. The van der Waals surface area contributed by atoms with Crippen LogP contribution in [0, 0.1) is 6.92 Å². The number of nitrogens with one attached hydrogen (secondary N) is 2. The number of methoxy groups -OCH3 is 1. The van der Waals surface area contributed by atoms with Gasteiger partial charge in [-0.1, -0.05) is 71.2 Å². The molecule has 4 aromatic carbocycles. The molecule has 1 aromatic heterocycles. The van der Waals surface area contributed by atoms with Gasteiger partial charge in [-0.15, -0.1) is 0 Å². The number of hydrazone groups is 1. The quantitative estimate of drug-likeness (QED) is 0.0918. The van der Waals surface area contributed by atoms with E-state index in [1.807, 2.05) is 43.3 Å². The third kappa shape index (κ3) is 5.71. The van der Waals surface area contributed by atoms with Gasteiger partial charge in [-0.25, -0.2) is 10.2 Å². The molecule has 0 unspecified atom stereocenters. The molecule has 0 fully saturated rings. The number of fused-ring (bicyclic) bond motifs is 1. The Morgan fingerprint density at radius 2 is 1.73 bits per heavy atom. The highest BCUT2D eigenvalue weighted by Gasteiger charge is 2.21. The molecule has 5 aromatic rings. The average Bonchev–Trinajstić information content (AvgIpc) is 3.34. The molecule has 0 bridgehead atoms. The van der Waals surface area contributed by atoms with Gasteiger partial charge in [0, 0.05) is 16.0 Å². The van der Waals surface area contributed by atoms with E-state index in [2.05, 4.69) is 15.5 Å². The van der Waals surface area contributed by atoms with Crippen molar-refractivity contribution in [2.75, 3.05) is 7.11 Å².